The van der Waals surface area contributed by atoms with Crippen molar-refractivity contribution in [2.75, 3.05) is 18.0 Å². The van der Waals surface area contributed by atoms with Gasteiger partial charge in [0.05, 0.1) is 6.20 Å². The normalized spacial score (nSPS) is 16.7. The Balaban J connectivity index is 1.59. The molecular weight excluding hydrogens is 286 g/mol. The first kappa shape index (κ1) is 12.8. The highest BCUT2D eigenvalue weighted by atomic mass is 35.5. The molecule has 1 aliphatic rings. The van der Waals surface area contributed by atoms with Crippen molar-refractivity contribution < 1.29 is 4.42 Å². The highest BCUT2D eigenvalue weighted by Gasteiger charge is 2.24. The Morgan fingerprint density at radius 2 is 2.14 bits per heavy atom. The number of H-pyrrole nitrogens is 1. The number of aromatic amines is 1. The number of aromatic nitrogens is 2. The molecule has 0 saturated carbocycles. The lowest BCUT2D eigenvalue weighted by Crippen LogP contribution is -2.33. The number of nitrogens with zero attached hydrogens (tertiary/aromatic N) is 2. The Morgan fingerprint density at radius 3 is 2.90 bits per heavy atom. The highest BCUT2D eigenvalue weighted by molar-refractivity contribution is 6.31. The molecule has 1 saturated heterocycles. The van der Waals surface area contributed by atoms with Crippen LogP contribution in [0.3, 0.4) is 0 Å². The van der Waals surface area contributed by atoms with Gasteiger partial charge in [-0.1, -0.05) is 11.6 Å². The summed E-state index contributed by atoms with van der Waals surface area (Å²) in [5, 5.41) is 2.00. The maximum absolute atomic E-state index is 6.24. The molecule has 21 heavy (non-hydrogen) atoms. The van der Waals surface area contributed by atoms with E-state index in [0.717, 1.165) is 42.4 Å². The first-order valence-electron chi connectivity index (χ1n) is 7.22. The van der Waals surface area contributed by atoms with E-state index in [1.165, 1.54) is 11.1 Å². The minimum Gasteiger partial charge on any atom is -0.449 e. The van der Waals surface area contributed by atoms with Gasteiger partial charge in [-0.15, -0.1) is 0 Å². The second-order valence-corrected chi connectivity index (χ2v) is 5.93. The van der Waals surface area contributed by atoms with E-state index in [-0.39, 0.29) is 0 Å². The first-order chi connectivity index (χ1) is 10.3. The van der Waals surface area contributed by atoms with Crippen LogP contribution < -0.4 is 4.90 Å². The molecular formula is C16H16ClN3O. The van der Waals surface area contributed by atoms with Gasteiger partial charge >= 0.3 is 0 Å². The van der Waals surface area contributed by atoms with Gasteiger partial charge in [0, 0.05) is 46.8 Å². The van der Waals surface area contributed by atoms with E-state index in [4.69, 9.17) is 16.0 Å². The molecule has 3 aromatic rings. The standard InChI is InChI=1S/C16H16ClN3O/c17-12-9-14-13(1-4-18-14)15(10-12)20-6-2-11(3-7-20)16-19-5-8-21-16/h1,4-5,8-11,18H,2-3,6-7H2. The van der Waals surface area contributed by atoms with Crippen LogP contribution in [0.25, 0.3) is 10.9 Å². The van der Waals surface area contributed by atoms with Gasteiger partial charge in [0.2, 0.25) is 0 Å². The summed E-state index contributed by atoms with van der Waals surface area (Å²) >= 11 is 6.24. The van der Waals surface area contributed by atoms with Crippen molar-refractivity contribution in [3.8, 4) is 0 Å². The molecule has 1 aromatic carbocycles. The molecule has 1 N–H and O–H groups in total. The predicted molar refractivity (Wildman–Crippen MR) is 84.0 cm³/mol. The molecule has 1 fully saturated rings. The molecule has 5 heteroatoms. The number of nitrogens with one attached hydrogen (secondary N) is 1. The van der Waals surface area contributed by atoms with Crippen molar-refractivity contribution in [1.29, 1.82) is 0 Å². The van der Waals surface area contributed by atoms with E-state index in [2.05, 4.69) is 27.0 Å². The monoisotopic (exact) mass is 301 g/mol. The molecule has 3 heterocycles. The SMILES string of the molecule is Clc1cc(N2CCC(c3ncco3)CC2)c2cc[nH]c2c1. The second-order valence-electron chi connectivity index (χ2n) is 5.50. The largest absolute Gasteiger partial charge is 0.449 e. The van der Waals surface area contributed by atoms with Crippen LogP contribution in [-0.2, 0) is 0 Å². The Bertz CT molecular complexity index is 742. The van der Waals surface area contributed by atoms with Gasteiger partial charge in [-0.25, -0.2) is 4.98 Å². The van der Waals surface area contributed by atoms with Crippen LogP contribution in [-0.4, -0.2) is 23.1 Å². The molecule has 0 aliphatic carbocycles. The third kappa shape index (κ3) is 2.29. The van der Waals surface area contributed by atoms with Crippen molar-refractivity contribution in [2.24, 2.45) is 0 Å². The zero-order chi connectivity index (χ0) is 14.2. The van der Waals surface area contributed by atoms with Gasteiger partial charge in [0.25, 0.3) is 0 Å². The third-order valence-corrected chi connectivity index (χ3v) is 4.47. The van der Waals surface area contributed by atoms with E-state index in [9.17, 15) is 0 Å². The lowest BCUT2D eigenvalue weighted by Gasteiger charge is -2.33. The van der Waals surface area contributed by atoms with Crippen molar-refractivity contribution in [1.82, 2.24) is 9.97 Å². The third-order valence-electron chi connectivity index (χ3n) is 4.25. The van der Waals surface area contributed by atoms with Crippen molar-refractivity contribution in [2.45, 2.75) is 18.8 Å². The average Bonchev–Trinajstić information content (AvgIpc) is 3.17. The minimum absolute atomic E-state index is 0.428. The molecule has 0 bridgehead atoms. The van der Waals surface area contributed by atoms with Crippen LogP contribution in [0.5, 0.6) is 0 Å². The summed E-state index contributed by atoms with van der Waals surface area (Å²) in [6.07, 6.45) is 7.45. The number of benzene rings is 1. The fraction of sp³-hybridized carbons (Fsp3) is 0.312. The molecule has 0 amide bonds. The maximum Gasteiger partial charge on any atom is 0.197 e. The zero-order valence-electron chi connectivity index (χ0n) is 11.6. The second kappa shape index (κ2) is 5.11. The molecule has 108 valence electrons. The summed E-state index contributed by atoms with van der Waals surface area (Å²) in [6.45, 7) is 1.99. The van der Waals surface area contributed by atoms with Gasteiger partial charge in [-0.2, -0.15) is 0 Å². The van der Waals surface area contributed by atoms with E-state index < -0.39 is 0 Å². The molecule has 0 spiro atoms. The lowest BCUT2D eigenvalue weighted by molar-refractivity contribution is 0.393. The molecule has 4 rings (SSSR count). The maximum atomic E-state index is 6.24. The number of hydrogen-bond donors (Lipinski definition) is 1. The molecule has 4 nitrogen and oxygen atoms in total. The van der Waals surface area contributed by atoms with Crippen molar-refractivity contribution >= 4 is 28.2 Å². The van der Waals surface area contributed by atoms with Crippen LogP contribution in [0.2, 0.25) is 5.02 Å². The summed E-state index contributed by atoms with van der Waals surface area (Å²) in [5.74, 6) is 1.30. The summed E-state index contributed by atoms with van der Waals surface area (Å²) < 4.78 is 5.44. The smallest absolute Gasteiger partial charge is 0.197 e. The first-order valence-corrected chi connectivity index (χ1v) is 7.60. The zero-order valence-corrected chi connectivity index (χ0v) is 12.3. The van der Waals surface area contributed by atoms with E-state index >= 15 is 0 Å². The van der Waals surface area contributed by atoms with E-state index in [0.29, 0.717) is 5.92 Å². The Hall–Kier alpha value is -1.94. The Labute approximate surface area is 127 Å². The van der Waals surface area contributed by atoms with Gasteiger partial charge in [0.15, 0.2) is 5.89 Å². The highest BCUT2D eigenvalue weighted by Crippen LogP contribution is 2.35. The average molecular weight is 302 g/mol. The van der Waals surface area contributed by atoms with Crippen LogP contribution in [0, 0.1) is 0 Å². The quantitative estimate of drug-likeness (QED) is 0.772. The van der Waals surface area contributed by atoms with Crippen molar-refractivity contribution in [3.05, 3.63) is 47.8 Å². The van der Waals surface area contributed by atoms with Gasteiger partial charge < -0.3 is 14.3 Å². The van der Waals surface area contributed by atoms with Gasteiger partial charge in [-0.3, -0.25) is 0 Å². The topological polar surface area (TPSA) is 45.1 Å². The van der Waals surface area contributed by atoms with Crippen molar-refractivity contribution in [3.63, 3.8) is 0 Å². The number of rotatable bonds is 2. The molecule has 0 atom stereocenters. The fourth-order valence-corrected chi connectivity index (χ4v) is 3.39. The minimum atomic E-state index is 0.428. The van der Waals surface area contributed by atoms with E-state index in [1.807, 2.05) is 12.3 Å². The fourth-order valence-electron chi connectivity index (χ4n) is 3.18. The van der Waals surface area contributed by atoms with E-state index in [1.54, 1.807) is 12.5 Å². The molecule has 0 unspecified atom stereocenters. The predicted octanol–water partition coefficient (Wildman–Crippen LogP) is 4.19. The summed E-state index contributed by atoms with van der Waals surface area (Å²) in [4.78, 5) is 9.92. The number of hydrogen-bond acceptors (Lipinski definition) is 3. The van der Waals surface area contributed by atoms with Crippen LogP contribution in [0.4, 0.5) is 5.69 Å². The van der Waals surface area contributed by atoms with Crippen LogP contribution in [0.15, 0.2) is 41.3 Å². The number of halogens is 1. The number of oxazole rings is 1. The molecule has 1 aliphatic heterocycles. The number of fused-ring (bicyclic) bond motifs is 1. The Morgan fingerprint density at radius 1 is 1.29 bits per heavy atom. The molecule has 0 radical (unpaired) electrons. The summed E-state index contributed by atoms with van der Waals surface area (Å²) in [7, 11) is 0. The summed E-state index contributed by atoms with van der Waals surface area (Å²) in [5.41, 5.74) is 2.30. The van der Waals surface area contributed by atoms with Crippen LogP contribution >= 0.6 is 11.6 Å². The van der Waals surface area contributed by atoms with Gasteiger partial charge in [0.1, 0.15) is 6.26 Å². The summed E-state index contributed by atoms with van der Waals surface area (Å²) in [6, 6.07) is 6.14. The van der Waals surface area contributed by atoms with Gasteiger partial charge in [-0.05, 0) is 31.0 Å². The number of anilines is 1. The Kier molecular flexibility index (Phi) is 3.11. The van der Waals surface area contributed by atoms with Crippen LogP contribution in [0.1, 0.15) is 24.7 Å². The molecule has 2 aromatic heterocycles. The number of piperidine rings is 1. The lowest BCUT2D eigenvalue weighted by atomic mass is 9.96.